The second kappa shape index (κ2) is 8.24. The summed E-state index contributed by atoms with van der Waals surface area (Å²) in [4.78, 5) is 23.8. The largest absolute Gasteiger partial charge is 0.481 e. The zero-order chi connectivity index (χ0) is 17.5. The van der Waals surface area contributed by atoms with Gasteiger partial charge in [0, 0.05) is 12.1 Å². The number of hydrogen-bond acceptors (Lipinski definition) is 4. The van der Waals surface area contributed by atoms with Crippen LogP contribution in [0.15, 0.2) is 29.1 Å². The molecule has 6 nitrogen and oxygen atoms in total. The molecule has 7 heteroatoms. The second-order valence-corrected chi connectivity index (χ2v) is 5.16. The van der Waals surface area contributed by atoms with E-state index < -0.39 is 11.7 Å². The number of para-hydroxylation sites is 1. The van der Waals surface area contributed by atoms with Crippen molar-refractivity contribution in [2.75, 3.05) is 6.61 Å². The Labute approximate surface area is 139 Å². The third kappa shape index (κ3) is 4.18. The van der Waals surface area contributed by atoms with Gasteiger partial charge in [0.1, 0.15) is 0 Å². The number of hydrogen-bond donors (Lipinski definition) is 2. The van der Waals surface area contributed by atoms with Gasteiger partial charge >= 0.3 is 0 Å². The molecule has 0 aliphatic rings. The third-order valence-electron chi connectivity index (χ3n) is 3.63. The maximum atomic E-state index is 13.4. The molecule has 24 heavy (non-hydrogen) atoms. The summed E-state index contributed by atoms with van der Waals surface area (Å²) in [6.45, 7) is 3.63. The predicted octanol–water partition coefficient (Wildman–Crippen LogP) is 1.73. The van der Waals surface area contributed by atoms with E-state index in [9.17, 15) is 14.0 Å². The van der Waals surface area contributed by atoms with Gasteiger partial charge in [0.25, 0.3) is 11.5 Å². The number of halogens is 1. The minimum atomic E-state index is -0.531. The average molecular weight is 333 g/mol. The first-order chi connectivity index (χ1) is 11.6. The Morgan fingerprint density at radius 3 is 2.67 bits per heavy atom. The number of carbonyl (C=O) groups excluding carboxylic acids is 1. The Balaban J connectivity index is 1.99. The highest BCUT2D eigenvalue weighted by Crippen LogP contribution is 2.15. The molecule has 1 aromatic carbocycles. The Morgan fingerprint density at radius 1 is 1.25 bits per heavy atom. The van der Waals surface area contributed by atoms with Crippen molar-refractivity contribution in [1.29, 1.82) is 0 Å². The highest BCUT2D eigenvalue weighted by molar-refractivity contribution is 5.77. The molecule has 1 amide bonds. The number of amides is 1. The number of nitrogens with zero attached hydrogens (tertiary/aromatic N) is 1. The number of H-pyrrole nitrogens is 1. The summed E-state index contributed by atoms with van der Waals surface area (Å²) < 4.78 is 18.6. The van der Waals surface area contributed by atoms with Crippen LogP contribution in [-0.2, 0) is 24.2 Å². The highest BCUT2D eigenvalue weighted by Gasteiger charge is 2.13. The van der Waals surface area contributed by atoms with Crippen molar-refractivity contribution in [3.63, 3.8) is 0 Å². The van der Waals surface area contributed by atoms with E-state index in [1.807, 2.05) is 13.8 Å². The first kappa shape index (κ1) is 17.7. The molecule has 0 unspecified atom stereocenters. The fraction of sp³-hybridized carbons (Fsp3) is 0.353. The first-order valence-corrected chi connectivity index (χ1v) is 7.80. The first-order valence-electron chi connectivity index (χ1n) is 7.80. The van der Waals surface area contributed by atoms with E-state index in [0.29, 0.717) is 18.4 Å². The van der Waals surface area contributed by atoms with Crippen LogP contribution in [0.3, 0.4) is 0 Å². The van der Waals surface area contributed by atoms with Gasteiger partial charge in [-0.05, 0) is 30.5 Å². The number of rotatable bonds is 7. The molecule has 2 N–H and O–H groups in total. The van der Waals surface area contributed by atoms with Crippen molar-refractivity contribution in [2.45, 2.75) is 33.2 Å². The van der Waals surface area contributed by atoms with Crippen LogP contribution >= 0.6 is 0 Å². The maximum Gasteiger partial charge on any atom is 0.269 e. The lowest BCUT2D eigenvalue weighted by molar-refractivity contribution is -0.123. The molecule has 0 saturated carbocycles. The minimum Gasteiger partial charge on any atom is -0.481 e. The molecule has 0 radical (unpaired) electrons. The minimum absolute atomic E-state index is 0.0110. The fourth-order valence-electron chi connectivity index (χ4n) is 2.40. The molecule has 0 aliphatic carbocycles. The van der Waals surface area contributed by atoms with Crippen molar-refractivity contribution in [2.24, 2.45) is 0 Å². The van der Waals surface area contributed by atoms with Crippen LogP contribution in [0.2, 0.25) is 0 Å². The summed E-state index contributed by atoms with van der Waals surface area (Å²) in [6, 6.07) is 5.85. The SMILES string of the molecule is CCc1n[nH]c(=O)c(CNC(=O)COc2ccccc2F)c1CC. The van der Waals surface area contributed by atoms with E-state index in [1.54, 1.807) is 6.07 Å². The number of carbonyl (C=O) groups is 1. The van der Waals surface area contributed by atoms with Gasteiger partial charge in [-0.1, -0.05) is 26.0 Å². The summed E-state index contributed by atoms with van der Waals surface area (Å²) in [5.74, 6) is -0.955. The molecular weight excluding hydrogens is 313 g/mol. The third-order valence-corrected chi connectivity index (χ3v) is 3.63. The molecule has 0 bridgehead atoms. The quantitative estimate of drug-likeness (QED) is 0.808. The van der Waals surface area contributed by atoms with Crippen LogP contribution < -0.4 is 15.6 Å². The monoisotopic (exact) mass is 333 g/mol. The summed E-state index contributed by atoms with van der Waals surface area (Å²) in [7, 11) is 0. The van der Waals surface area contributed by atoms with Gasteiger partial charge in [0.05, 0.1) is 5.69 Å². The van der Waals surface area contributed by atoms with Crippen LogP contribution in [0.5, 0.6) is 5.75 Å². The van der Waals surface area contributed by atoms with E-state index in [1.165, 1.54) is 18.2 Å². The highest BCUT2D eigenvalue weighted by atomic mass is 19.1. The molecular formula is C17H20FN3O3. The number of ether oxygens (including phenoxy) is 1. The number of aromatic nitrogens is 2. The van der Waals surface area contributed by atoms with Gasteiger partial charge in [0.15, 0.2) is 18.2 Å². The molecule has 0 aliphatic heterocycles. The van der Waals surface area contributed by atoms with E-state index in [2.05, 4.69) is 15.5 Å². The molecule has 2 aromatic rings. The molecule has 1 aromatic heterocycles. The second-order valence-electron chi connectivity index (χ2n) is 5.16. The molecule has 0 fully saturated rings. The summed E-state index contributed by atoms with van der Waals surface area (Å²) in [6.07, 6.45) is 1.34. The predicted molar refractivity (Wildman–Crippen MR) is 87.4 cm³/mol. The van der Waals surface area contributed by atoms with Crippen molar-refractivity contribution in [3.05, 3.63) is 57.3 Å². The van der Waals surface area contributed by atoms with Gasteiger partial charge in [-0.25, -0.2) is 9.49 Å². The van der Waals surface area contributed by atoms with E-state index >= 15 is 0 Å². The lowest BCUT2D eigenvalue weighted by atomic mass is 10.0. The Bertz CT molecular complexity index is 774. The van der Waals surface area contributed by atoms with Crippen molar-refractivity contribution < 1.29 is 13.9 Å². The van der Waals surface area contributed by atoms with Crippen LogP contribution in [0.4, 0.5) is 4.39 Å². The molecule has 0 saturated heterocycles. The zero-order valence-corrected chi connectivity index (χ0v) is 13.7. The summed E-state index contributed by atoms with van der Waals surface area (Å²) >= 11 is 0. The summed E-state index contributed by atoms with van der Waals surface area (Å²) in [5.41, 5.74) is 1.82. The van der Waals surface area contributed by atoms with Gasteiger partial charge in [0.2, 0.25) is 0 Å². The van der Waals surface area contributed by atoms with Crippen LogP contribution in [0.25, 0.3) is 0 Å². The lowest BCUT2D eigenvalue weighted by Gasteiger charge is -2.12. The smallest absolute Gasteiger partial charge is 0.269 e. The van der Waals surface area contributed by atoms with Crippen molar-refractivity contribution in [3.8, 4) is 5.75 Å². The zero-order valence-electron chi connectivity index (χ0n) is 13.7. The Kier molecular flexibility index (Phi) is 6.06. The standard InChI is InChI=1S/C17H20FN3O3/c1-3-11-12(17(23)21-20-14(11)4-2)9-19-16(22)10-24-15-8-6-5-7-13(15)18/h5-8H,3-4,9-10H2,1-2H3,(H,19,22)(H,21,23). The molecule has 0 atom stereocenters. The average Bonchev–Trinajstić information content (AvgIpc) is 2.59. The molecule has 1 heterocycles. The van der Waals surface area contributed by atoms with Crippen LogP contribution in [0.1, 0.15) is 30.7 Å². The number of benzene rings is 1. The van der Waals surface area contributed by atoms with E-state index in [-0.39, 0.29) is 24.5 Å². The molecule has 128 valence electrons. The van der Waals surface area contributed by atoms with E-state index in [4.69, 9.17) is 4.74 Å². The van der Waals surface area contributed by atoms with E-state index in [0.717, 1.165) is 11.3 Å². The maximum absolute atomic E-state index is 13.4. The van der Waals surface area contributed by atoms with Crippen LogP contribution in [0, 0.1) is 5.82 Å². The van der Waals surface area contributed by atoms with Gasteiger partial charge in [-0.15, -0.1) is 0 Å². The fourth-order valence-corrected chi connectivity index (χ4v) is 2.40. The van der Waals surface area contributed by atoms with Crippen molar-refractivity contribution >= 4 is 5.91 Å². The molecule has 0 spiro atoms. The van der Waals surface area contributed by atoms with Crippen molar-refractivity contribution in [1.82, 2.24) is 15.5 Å². The normalized spacial score (nSPS) is 10.5. The summed E-state index contributed by atoms with van der Waals surface area (Å²) in [5, 5.41) is 9.09. The number of aryl methyl sites for hydroxylation is 1. The lowest BCUT2D eigenvalue weighted by Crippen LogP contribution is -2.32. The number of aromatic amines is 1. The molecule has 2 rings (SSSR count). The van der Waals surface area contributed by atoms with Gasteiger partial charge in [-0.2, -0.15) is 5.10 Å². The Morgan fingerprint density at radius 2 is 2.00 bits per heavy atom. The van der Waals surface area contributed by atoms with Gasteiger partial charge < -0.3 is 10.1 Å². The Hall–Kier alpha value is -2.70. The number of nitrogens with one attached hydrogen (secondary N) is 2. The van der Waals surface area contributed by atoms with Crippen LogP contribution in [-0.4, -0.2) is 22.7 Å². The van der Waals surface area contributed by atoms with Gasteiger partial charge in [-0.3, -0.25) is 9.59 Å². The topological polar surface area (TPSA) is 84.1 Å².